The van der Waals surface area contributed by atoms with Crippen molar-refractivity contribution in [3.05, 3.63) is 199 Å². The summed E-state index contributed by atoms with van der Waals surface area (Å²) < 4.78 is 21.0. The maximum Gasteiger partial charge on any atom is 0.333 e. The molecule has 0 fully saturated rings. The number of benzene rings is 9. The van der Waals surface area contributed by atoms with Crippen LogP contribution in [-0.4, -0.2) is 6.85 Å². The highest BCUT2D eigenvalue weighted by Crippen LogP contribution is 2.80. The smallest absolute Gasteiger partial charge is 0.333 e. The molecular formula is C63H49BN2O3S. The van der Waals surface area contributed by atoms with Crippen molar-refractivity contribution < 1.29 is 13.9 Å². The maximum atomic E-state index is 7.23. The largest absolute Gasteiger partial charge is 0.455 e. The first-order chi connectivity index (χ1) is 34.1. The molecule has 7 heteroatoms. The van der Waals surface area contributed by atoms with Crippen LogP contribution in [0.25, 0.3) is 33.1 Å². The summed E-state index contributed by atoms with van der Waals surface area (Å²) in [5.74, 6) is 2.82. The molecule has 15 rings (SSSR count). The van der Waals surface area contributed by atoms with Crippen LogP contribution in [0.2, 0.25) is 0 Å². The number of fused-ring (bicyclic) bond motifs is 13. The van der Waals surface area contributed by atoms with E-state index in [1.165, 1.54) is 64.4 Å². The summed E-state index contributed by atoms with van der Waals surface area (Å²) in [6.07, 6.45) is 2.27. The van der Waals surface area contributed by atoms with E-state index in [1.807, 2.05) is 24.3 Å². The van der Waals surface area contributed by atoms with E-state index in [0.717, 1.165) is 57.2 Å². The third kappa shape index (κ3) is 5.20. The Bertz CT molecular complexity index is 3860. The third-order valence-electron chi connectivity index (χ3n) is 16.3. The van der Waals surface area contributed by atoms with Crippen LogP contribution < -0.4 is 30.1 Å². The number of furan rings is 1. The summed E-state index contributed by atoms with van der Waals surface area (Å²) in [6.45, 7) is 11.7. The van der Waals surface area contributed by atoms with Crippen molar-refractivity contribution in [2.75, 3.05) is 9.71 Å². The second kappa shape index (κ2) is 14.0. The second-order valence-corrected chi connectivity index (χ2v) is 24.1. The zero-order chi connectivity index (χ0) is 46.8. The minimum atomic E-state index is -2.05. The van der Waals surface area contributed by atoms with Gasteiger partial charge in [-0.15, -0.1) is 10.0 Å². The molecule has 5 heterocycles. The Morgan fingerprint density at radius 2 is 1.13 bits per heavy atom. The highest BCUT2D eigenvalue weighted by molar-refractivity contribution is 8.34. The van der Waals surface area contributed by atoms with E-state index in [2.05, 4.69) is 202 Å². The van der Waals surface area contributed by atoms with Gasteiger partial charge in [0.1, 0.15) is 11.2 Å². The summed E-state index contributed by atoms with van der Waals surface area (Å²) in [5.41, 5.74) is 16.4. The minimum absolute atomic E-state index is 0.00565. The Hall–Kier alpha value is -7.61. The number of anilines is 5. The van der Waals surface area contributed by atoms with Crippen LogP contribution in [0.1, 0.15) is 57.2 Å². The molecule has 0 spiro atoms. The van der Waals surface area contributed by atoms with Crippen molar-refractivity contribution in [2.45, 2.75) is 77.9 Å². The second-order valence-electron chi connectivity index (χ2n) is 21.1. The predicted molar refractivity (Wildman–Crippen MR) is 288 cm³/mol. The van der Waals surface area contributed by atoms with E-state index >= 15 is 0 Å². The van der Waals surface area contributed by atoms with Gasteiger partial charge in [0.15, 0.2) is 23.0 Å². The van der Waals surface area contributed by atoms with Gasteiger partial charge in [-0.3, -0.25) is 0 Å². The molecular weight excluding hydrogens is 876 g/mol. The van der Waals surface area contributed by atoms with Crippen LogP contribution >= 0.6 is 10.0 Å². The summed E-state index contributed by atoms with van der Waals surface area (Å²) in [4.78, 5) is 10.5. The van der Waals surface area contributed by atoms with Gasteiger partial charge in [-0.25, -0.2) is 0 Å². The molecule has 0 atom stereocenters. The number of para-hydroxylation sites is 5. The van der Waals surface area contributed by atoms with Gasteiger partial charge in [0.2, 0.25) is 0 Å². The zero-order valence-corrected chi connectivity index (χ0v) is 40.7. The molecule has 0 bridgehead atoms. The van der Waals surface area contributed by atoms with Crippen LogP contribution in [-0.2, 0) is 10.8 Å². The summed E-state index contributed by atoms with van der Waals surface area (Å²) in [7, 11) is -2.05. The number of aryl methyl sites for hydroxylation is 1. The number of ether oxygens (including phenoxy) is 2. The van der Waals surface area contributed by atoms with E-state index in [0.29, 0.717) is 23.0 Å². The summed E-state index contributed by atoms with van der Waals surface area (Å²) in [5, 5.41) is 2.21. The lowest BCUT2D eigenvalue weighted by atomic mass is 9.43. The van der Waals surface area contributed by atoms with Gasteiger partial charge in [0.25, 0.3) is 0 Å². The van der Waals surface area contributed by atoms with Gasteiger partial charge in [0.05, 0.1) is 5.69 Å². The average Bonchev–Trinajstić information content (AvgIpc) is 3.76. The Labute approximate surface area is 410 Å². The van der Waals surface area contributed by atoms with Crippen LogP contribution in [0.15, 0.2) is 206 Å². The lowest BCUT2D eigenvalue weighted by Gasteiger charge is -2.54. The van der Waals surface area contributed by atoms with Gasteiger partial charge in [-0.05, 0) is 137 Å². The monoisotopic (exact) mass is 924 g/mol. The van der Waals surface area contributed by atoms with Gasteiger partial charge < -0.3 is 23.6 Å². The van der Waals surface area contributed by atoms with Crippen molar-refractivity contribution in [1.29, 1.82) is 0 Å². The van der Waals surface area contributed by atoms with Gasteiger partial charge in [-0.1, -0.05) is 125 Å². The summed E-state index contributed by atoms with van der Waals surface area (Å²) in [6, 6.07) is 67.4. The molecule has 0 saturated heterocycles. The molecule has 338 valence electrons. The Morgan fingerprint density at radius 1 is 0.514 bits per heavy atom. The molecule has 5 nitrogen and oxygen atoms in total. The number of hydrogen-bond donors (Lipinski definition) is 0. The minimum Gasteiger partial charge on any atom is -0.455 e. The fraction of sp³-hybridized carbons (Fsp3) is 0.143. The Kier molecular flexibility index (Phi) is 8.07. The molecule has 0 N–H and O–H groups in total. The molecule has 0 unspecified atom stereocenters. The molecule has 0 radical (unpaired) electrons. The van der Waals surface area contributed by atoms with Gasteiger partial charge in [-0.2, -0.15) is 0 Å². The molecule has 9 aromatic carbocycles. The van der Waals surface area contributed by atoms with Gasteiger partial charge in [0, 0.05) is 70.3 Å². The maximum absolute atomic E-state index is 7.23. The average molecular weight is 925 g/mol. The number of rotatable bonds is 3. The lowest BCUT2D eigenvalue weighted by molar-refractivity contribution is 0.332. The molecule has 10 aromatic rings. The van der Waals surface area contributed by atoms with Crippen molar-refractivity contribution in [1.82, 2.24) is 0 Å². The predicted octanol–water partition coefficient (Wildman–Crippen LogP) is 16.5. The lowest BCUT2D eigenvalue weighted by Crippen LogP contribution is -2.62. The first kappa shape index (κ1) is 40.3. The zero-order valence-electron chi connectivity index (χ0n) is 39.8. The van der Waals surface area contributed by atoms with Crippen LogP contribution in [0, 0.1) is 6.92 Å². The van der Waals surface area contributed by atoms with Crippen LogP contribution in [0.4, 0.5) is 28.4 Å². The SMILES string of the molecule is Cc1cc2c(cc1N1c3cc4c(cc3B3c5c1cc1c(oc6ccccc61)c5-c1cccc5c1N3c1ccccc1S5(c1ccccc1)c1ccccc1)Oc1ccccc1O4)C(C)(C)CCC2(C)C. The van der Waals surface area contributed by atoms with Crippen molar-refractivity contribution >= 4 is 78.2 Å². The molecule has 4 aliphatic heterocycles. The van der Waals surface area contributed by atoms with E-state index in [4.69, 9.17) is 13.9 Å². The Balaban J connectivity index is 1.12. The quantitative estimate of drug-likeness (QED) is 0.165. The standard InChI is InChI=1S/C63H49BN2O3S/c1-38-33-44-45(63(4,5)32-31-62(44,2)3)35-48(38)65-49-37-55-54(67-52-27-15-16-28-53(52)68-55)36-46(49)64-59-50(65)34-43-41-23-12-14-26-51(41)69-61(43)58(59)42-24-18-30-57-60(42)66(64)47-25-13-17-29-56(47)70(57,39-19-8-6-9-20-39)40-21-10-7-11-22-40/h6-30,33-37H,31-32H2,1-5H3. The highest BCUT2D eigenvalue weighted by atomic mass is 32.3. The van der Waals surface area contributed by atoms with E-state index in [-0.39, 0.29) is 17.7 Å². The highest BCUT2D eigenvalue weighted by Gasteiger charge is 2.53. The van der Waals surface area contributed by atoms with Crippen molar-refractivity contribution in [2.24, 2.45) is 0 Å². The fourth-order valence-corrected chi connectivity index (χ4v) is 17.1. The first-order valence-corrected chi connectivity index (χ1v) is 26.3. The summed E-state index contributed by atoms with van der Waals surface area (Å²) >= 11 is 0. The van der Waals surface area contributed by atoms with Crippen molar-refractivity contribution in [3.8, 4) is 34.1 Å². The van der Waals surface area contributed by atoms with Crippen LogP contribution in [0.3, 0.4) is 0 Å². The van der Waals surface area contributed by atoms with E-state index in [1.54, 1.807) is 0 Å². The first-order valence-electron chi connectivity index (χ1n) is 24.6. The number of nitrogens with zero attached hydrogens (tertiary/aromatic N) is 2. The van der Waals surface area contributed by atoms with E-state index in [9.17, 15) is 0 Å². The Morgan fingerprint density at radius 3 is 1.86 bits per heavy atom. The van der Waals surface area contributed by atoms with Crippen molar-refractivity contribution in [3.63, 3.8) is 0 Å². The molecule has 1 aliphatic carbocycles. The van der Waals surface area contributed by atoms with E-state index < -0.39 is 10.0 Å². The van der Waals surface area contributed by atoms with Gasteiger partial charge >= 0.3 is 6.85 Å². The third-order valence-corrected chi connectivity index (χ3v) is 20.2. The topological polar surface area (TPSA) is 38.1 Å². The fourth-order valence-electron chi connectivity index (χ4n) is 12.9. The molecule has 5 aliphatic rings. The molecule has 70 heavy (non-hydrogen) atoms. The van der Waals surface area contributed by atoms with Crippen LogP contribution in [0.5, 0.6) is 23.0 Å². The normalized spacial score (nSPS) is 17.2. The number of hydrogen-bond acceptors (Lipinski definition) is 5. The molecule has 0 amide bonds. The molecule has 1 aromatic heterocycles. The molecule has 0 saturated carbocycles.